The predicted octanol–water partition coefficient (Wildman–Crippen LogP) is 3.24. The number of hydrogen-bond donors (Lipinski definition) is 1. The number of aryl methyl sites for hydroxylation is 1. The van der Waals surface area contributed by atoms with Gasteiger partial charge in [-0.1, -0.05) is 6.92 Å². The Morgan fingerprint density at radius 1 is 1.13 bits per heavy atom. The van der Waals surface area contributed by atoms with Crippen molar-refractivity contribution in [1.29, 1.82) is 0 Å². The lowest BCUT2D eigenvalue weighted by Gasteiger charge is -2.36. The number of carbonyl (C=O) groups excluding carboxylic acids is 1. The number of thiophene rings is 1. The highest BCUT2D eigenvalue weighted by atomic mass is 32.2. The van der Waals surface area contributed by atoms with Crippen LogP contribution in [0.25, 0.3) is 10.2 Å². The highest BCUT2D eigenvalue weighted by Gasteiger charge is 2.28. The van der Waals surface area contributed by atoms with E-state index in [0.29, 0.717) is 44.3 Å². The molecule has 0 bridgehead atoms. The van der Waals surface area contributed by atoms with Crippen LogP contribution in [0.1, 0.15) is 47.0 Å². The van der Waals surface area contributed by atoms with Gasteiger partial charge in [-0.3, -0.25) is 4.79 Å². The van der Waals surface area contributed by atoms with Crippen molar-refractivity contribution in [1.82, 2.24) is 19.6 Å². The molecule has 1 aliphatic carbocycles. The summed E-state index contributed by atoms with van der Waals surface area (Å²) in [6, 6.07) is 6.20. The molecule has 9 nitrogen and oxygen atoms in total. The fourth-order valence-corrected chi connectivity index (χ4v) is 8.08. The quantitative estimate of drug-likeness (QED) is 0.498. The Balaban J connectivity index is 1.10. The van der Waals surface area contributed by atoms with Gasteiger partial charge in [-0.15, -0.1) is 11.3 Å². The number of nitrogens with zero attached hydrogens (tertiary/aromatic N) is 4. The molecule has 202 valence electrons. The van der Waals surface area contributed by atoms with E-state index in [1.807, 2.05) is 4.90 Å². The Labute approximate surface area is 227 Å². The topological polar surface area (TPSA) is 105 Å². The first kappa shape index (κ1) is 25.7. The van der Waals surface area contributed by atoms with Crippen LogP contribution in [0.5, 0.6) is 0 Å². The van der Waals surface area contributed by atoms with Gasteiger partial charge >= 0.3 is 0 Å². The van der Waals surface area contributed by atoms with E-state index in [-0.39, 0.29) is 23.5 Å². The molecule has 3 aliphatic rings. The first-order valence-corrected chi connectivity index (χ1v) is 15.7. The van der Waals surface area contributed by atoms with Crippen LogP contribution in [0.15, 0.2) is 35.5 Å². The maximum Gasteiger partial charge on any atom is 0.253 e. The Bertz CT molecular complexity index is 1430. The largest absolute Gasteiger partial charge is 0.377 e. The molecule has 11 heteroatoms. The van der Waals surface area contributed by atoms with Crippen LogP contribution in [0, 0.1) is 5.92 Å². The monoisotopic (exact) mass is 555 g/mol. The lowest BCUT2D eigenvalue weighted by Crippen LogP contribution is -2.49. The van der Waals surface area contributed by atoms with Crippen molar-refractivity contribution in [2.75, 3.05) is 44.2 Å². The zero-order chi connectivity index (χ0) is 26.3. The van der Waals surface area contributed by atoms with Gasteiger partial charge in [0.25, 0.3) is 5.91 Å². The zero-order valence-corrected chi connectivity index (χ0v) is 23.2. The molecule has 2 fully saturated rings. The SMILES string of the molecule is C[C@H]1CCc2c(sc3ncnc(N4CCN(C(=O)c5ccc(S(=O)(=O)NC[C@H]6CCCO6)cc5)CC4)c23)C1. The summed E-state index contributed by atoms with van der Waals surface area (Å²) < 4.78 is 33.4. The van der Waals surface area contributed by atoms with Gasteiger partial charge in [0.1, 0.15) is 17.0 Å². The highest BCUT2D eigenvalue weighted by molar-refractivity contribution is 7.89. The van der Waals surface area contributed by atoms with Crippen molar-refractivity contribution in [3.63, 3.8) is 0 Å². The molecular weight excluding hydrogens is 522 g/mol. The third-order valence-corrected chi connectivity index (χ3v) is 10.5. The van der Waals surface area contributed by atoms with Crippen LogP contribution in [-0.4, -0.2) is 74.6 Å². The molecule has 0 saturated carbocycles. The van der Waals surface area contributed by atoms with E-state index < -0.39 is 10.0 Å². The predicted molar refractivity (Wildman–Crippen MR) is 147 cm³/mol. The van der Waals surface area contributed by atoms with E-state index in [0.717, 1.165) is 36.3 Å². The molecule has 4 heterocycles. The number of ether oxygens (including phenoxy) is 1. The van der Waals surface area contributed by atoms with E-state index in [1.165, 1.54) is 34.4 Å². The normalized spacial score (nSPS) is 22.1. The molecule has 2 aromatic heterocycles. The van der Waals surface area contributed by atoms with Crippen molar-refractivity contribution < 1.29 is 17.9 Å². The van der Waals surface area contributed by atoms with E-state index in [4.69, 9.17) is 4.74 Å². The minimum Gasteiger partial charge on any atom is -0.377 e. The molecule has 3 aromatic rings. The lowest BCUT2D eigenvalue weighted by atomic mass is 9.89. The first-order valence-electron chi connectivity index (χ1n) is 13.4. The second kappa shape index (κ2) is 10.5. The van der Waals surface area contributed by atoms with Crippen molar-refractivity contribution in [2.45, 2.75) is 50.0 Å². The summed E-state index contributed by atoms with van der Waals surface area (Å²) in [5.74, 6) is 1.60. The van der Waals surface area contributed by atoms with Crippen LogP contribution in [0.4, 0.5) is 5.82 Å². The molecule has 6 rings (SSSR count). The second-order valence-electron chi connectivity index (χ2n) is 10.5. The molecule has 2 atom stereocenters. The number of hydrogen-bond acceptors (Lipinski definition) is 8. The number of rotatable bonds is 6. The van der Waals surface area contributed by atoms with Crippen LogP contribution >= 0.6 is 11.3 Å². The van der Waals surface area contributed by atoms with Crippen molar-refractivity contribution in [3.05, 3.63) is 46.6 Å². The zero-order valence-electron chi connectivity index (χ0n) is 21.6. The molecule has 38 heavy (non-hydrogen) atoms. The summed E-state index contributed by atoms with van der Waals surface area (Å²) in [6.07, 6.45) is 6.79. The van der Waals surface area contributed by atoms with Crippen molar-refractivity contribution >= 4 is 43.3 Å². The second-order valence-corrected chi connectivity index (χ2v) is 13.4. The summed E-state index contributed by atoms with van der Waals surface area (Å²) >= 11 is 1.80. The molecule has 0 unspecified atom stereocenters. The molecule has 1 aromatic carbocycles. The number of anilines is 1. The summed E-state index contributed by atoms with van der Waals surface area (Å²) in [6.45, 7) is 5.80. The van der Waals surface area contributed by atoms with Gasteiger partial charge < -0.3 is 14.5 Å². The third-order valence-electron chi connectivity index (χ3n) is 7.87. The molecule has 2 aliphatic heterocycles. The number of nitrogens with one attached hydrogen (secondary N) is 1. The van der Waals surface area contributed by atoms with Crippen LogP contribution in [0.2, 0.25) is 0 Å². The third kappa shape index (κ3) is 5.04. The number of benzene rings is 1. The number of amides is 1. The molecule has 2 saturated heterocycles. The Hall–Kier alpha value is -2.60. The van der Waals surface area contributed by atoms with Gasteiger partial charge in [0.2, 0.25) is 10.0 Å². The summed E-state index contributed by atoms with van der Waals surface area (Å²) in [5.41, 5.74) is 1.90. The van der Waals surface area contributed by atoms with Gasteiger partial charge in [-0.2, -0.15) is 0 Å². The fourth-order valence-electron chi connectivity index (χ4n) is 5.67. The molecular formula is C27H33N5O4S2. The summed E-state index contributed by atoms with van der Waals surface area (Å²) in [7, 11) is -3.65. The van der Waals surface area contributed by atoms with Crippen LogP contribution in [-0.2, 0) is 27.6 Å². The van der Waals surface area contributed by atoms with Gasteiger partial charge in [0.05, 0.1) is 16.4 Å². The number of fused-ring (bicyclic) bond motifs is 3. The molecule has 1 amide bonds. The fraction of sp³-hybridized carbons (Fsp3) is 0.519. The standard InChI is InChI=1S/C27H33N5O4S2/c1-18-4-9-22-23(15-18)37-26-24(22)25(28-17-29-26)31-10-12-32(13-11-31)27(33)19-5-7-21(8-6-19)38(34,35)30-16-20-3-2-14-36-20/h5-8,17-18,20,30H,2-4,9-16H2,1H3/t18-,20+/m0/s1. The van der Waals surface area contributed by atoms with Crippen molar-refractivity contribution in [3.8, 4) is 0 Å². The smallest absolute Gasteiger partial charge is 0.253 e. The van der Waals surface area contributed by atoms with Gasteiger partial charge in [-0.25, -0.2) is 23.1 Å². The Morgan fingerprint density at radius 2 is 1.92 bits per heavy atom. The number of aromatic nitrogens is 2. The highest BCUT2D eigenvalue weighted by Crippen LogP contribution is 2.40. The number of piperazine rings is 1. The van der Waals surface area contributed by atoms with Gasteiger partial charge in [-0.05, 0) is 67.9 Å². The molecule has 0 spiro atoms. The first-order chi connectivity index (χ1) is 18.4. The van der Waals surface area contributed by atoms with Crippen LogP contribution < -0.4 is 9.62 Å². The summed E-state index contributed by atoms with van der Waals surface area (Å²) in [4.78, 5) is 29.2. The number of sulfonamides is 1. The van der Waals surface area contributed by atoms with E-state index >= 15 is 0 Å². The minimum atomic E-state index is -3.65. The lowest BCUT2D eigenvalue weighted by molar-refractivity contribution is 0.0746. The van der Waals surface area contributed by atoms with E-state index in [2.05, 4.69) is 26.5 Å². The van der Waals surface area contributed by atoms with Gasteiger partial charge in [0, 0.05) is 49.8 Å². The average Bonchev–Trinajstić information content (AvgIpc) is 3.59. The van der Waals surface area contributed by atoms with Crippen molar-refractivity contribution in [2.24, 2.45) is 5.92 Å². The van der Waals surface area contributed by atoms with E-state index in [1.54, 1.807) is 29.8 Å². The van der Waals surface area contributed by atoms with Crippen LogP contribution in [0.3, 0.4) is 0 Å². The number of carbonyl (C=O) groups is 1. The Kier molecular flexibility index (Phi) is 7.10. The maximum absolute atomic E-state index is 13.2. The maximum atomic E-state index is 13.2. The summed E-state index contributed by atoms with van der Waals surface area (Å²) in [5, 5.41) is 1.20. The minimum absolute atomic E-state index is 0.0726. The molecule has 0 radical (unpaired) electrons. The molecule has 1 N–H and O–H groups in total. The average molecular weight is 556 g/mol. The van der Waals surface area contributed by atoms with E-state index in [9.17, 15) is 13.2 Å². The van der Waals surface area contributed by atoms with Gasteiger partial charge in [0.15, 0.2) is 0 Å². The Morgan fingerprint density at radius 3 is 2.66 bits per heavy atom.